The molecule has 7 nitrogen and oxygen atoms in total. The summed E-state index contributed by atoms with van der Waals surface area (Å²) < 4.78 is 6.74. The number of nitrogens with zero attached hydrogens (tertiary/aromatic N) is 2. The molecule has 0 aliphatic carbocycles. The molecule has 148 valence electrons. The first-order valence-corrected chi connectivity index (χ1v) is 10.1. The van der Waals surface area contributed by atoms with E-state index in [1.54, 1.807) is 11.7 Å². The average molecular weight is 401 g/mol. The van der Waals surface area contributed by atoms with E-state index < -0.39 is 0 Å². The van der Waals surface area contributed by atoms with Crippen LogP contribution in [0.2, 0.25) is 0 Å². The number of aromatic amines is 1. The molecule has 8 heteroatoms. The van der Waals surface area contributed by atoms with Crippen molar-refractivity contribution in [2.75, 3.05) is 12.9 Å². The van der Waals surface area contributed by atoms with Crippen molar-refractivity contribution in [1.29, 1.82) is 0 Å². The van der Waals surface area contributed by atoms with Crippen LogP contribution in [0.1, 0.15) is 31.1 Å². The highest BCUT2D eigenvalue weighted by atomic mass is 32.2. The van der Waals surface area contributed by atoms with E-state index in [1.165, 1.54) is 11.8 Å². The van der Waals surface area contributed by atoms with Gasteiger partial charge >= 0.3 is 0 Å². The van der Waals surface area contributed by atoms with Gasteiger partial charge in [0.25, 0.3) is 5.56 Å². The predicted octanol–water partition coefficient (Wildman–Crippen LogP) is 3.03. The van der Waals surface area contributed by atoms with Crippen molar-refractivity contribution < 1.29 is 9.53 Å². The van der Waals surface area contributed by atoms with Crippen molar-refractivity contribution in [3.8, 4) is 5.75 Å². The lowest BCUT2D eigenvalue weighted by Crippen LogP contribution is -2.29. The lowest BCUT2D eigenvalue weighted by atomic mass is 10.1. The van der Waals surface area contributed by atoms with Gasteiger partial charge in [-0.15, -0.1) is 0 Å². The maximum absolute atomic E-state index is 12.6. The standard InChI is InChI=1S/C20H24N4O3S/c1-5-24-19(26)18-16(10-12(2)21-18)23-20(24)28-11-17(25)22-13(3)14-6-8-15(27-4)9-7-14/h6-10,13,21H,5,11H2,1-4H3,(H,22,25). The number of amides is 1. The molecule has 0 spiro atoms. The number of nitrogens with one attached hydrogen (secondary N) is 2. The number of H-pyrrole nitrogens is 1. The molecule has 2 aromatic heterocycles. The maximum Gasteiger partial charge on any atom is 0.278 e. The van der Waals surface area contributed by atoms with Gasteiger partial charge in [0.05, 0.1) is 24.4 Å². The van der Waals surface area contributed by atoms with Crippen LogP contribution < -0.4 is 15.6 Å². The highest BCUT2D eigenvalue weighted by molar-refractivity contribution is 7.99. The van der Waals surface area contributed by atoms with Gasteiger partial charge in [0.15, 0.2) is 5.16 Å². The van der Waals surface area contributed by atoms with Gasteiger partial charge in [0, 0.05) is 12.2 Å². The van der Waals surface area contributed by atoms with Gasteiger partial charge in [0.2, 0.25) is 5.91 Å². The van der Waals surface area contributed by atoms with E-state index in [-0.39, 0.29) is 23.3 Å². The third kappa shape index (κ3) is 4.22. The van der Waals surface area contributed by atoms with Gasteiger partial charge in [-0.05, 0) is 44.5 Å². The summed E-state index contributed by atoms with van der Waals surface area (Å²) in [4.78, 5) is 32.6. The molecule has 3 aromatic rings. The molecule has 3 rings (SSSR count). The fourth-order valence-electron chi connectivity index (χ4n) is 2.99. The van der Waals surface area contributed by atoms with Crippen LogP contribution in [0, 0.1) is 6.92 Å². The minimum absolute atomic E-state index is 0.115. The summed E-state index contributed by atoms with van der Waals surface area (Å²) in [5.41, 5.74) is 2.89. The van der Waals surface area contributed by atoms with E-state index in [9.17, 15) is 9.59 Å². The van der Waals surface area contributed by atoms with Crippen LogP contribution in [0.3, 0.4) is 0 Å². The van der Waals surface area contributed by atoms with E-state index in [0.717, 1.165) is 17.0 Å². The molecule has 0 fully saturated rings. The van der Waals surface area contributed by atoms with Gasteiger partial charge in [-0.25, -0.2) is 4.98 Å². The molecule has 0 aliphatic heterocycles. The Balaban J connectivity index is 1.69. The molecule has 0 saturated heterocycles. The number of carbonyl (C=O) groups is 1. The van der Waals surface area contributed by atoms with Gasteiger partial charge in [0.1, 0.15) is 11.3 Å². The van der Waals surface area contributed by atoms with Crippen molar-refractivity contribution >= 4 is 28.7 Å². The molecule has 2 heterocycles. The van der Waals surface area contributed by atoms with E-state index in [0.29, 0.717) is 22.7 Å². The van der Waals surface area contributed by atoms with Crippen molar-refractivity contribution in [3.05, 3.63) is 51.9 Å². The first kappa shape index (κ1) is 20.0. The molecule has 0 radical (unpaired) electrons. The molecule has 28 heavy (non-hydrogen) atoms. The molecular formula is C20H24N4O3S. The van der Waals surface area contributed by atoms with Gasteiger partial charge in [-0.3, -0.25) is 14.2 Å². The summed E-state index contributed by atoms with van der Waals surface area (Å²) in [6.45, 7) is 6.20. The second-order valence-electron chi connectivity index (χ2n) is 6.51. The Morgan fingerprint density at radius 3 is 2.71 bits per heavy atom. The number of hydrogen-bond donors (Lipinski definition) is 2. The molecular weight excluding hydrogens is 376 g/mol. The van der Waals surface area contributed by atoms with Gasteiger partial charge in [-0.2, -0.15) is 0 Å². The smallest absolute Gasteiger partial charge is 0.278 e. The molecule has 1 unspecified atom stereocenters. The quantitative estimate of drug-likeness (QED) is 0.470. The zero-order chi connectivity index (χ0) is 20.3. The summed E-state index contributed by atoms with van der Waals surface area (Å²) >= 11 is 1.27. The fourth-order valence-corrected chi connectivity index (χ4v) is 3.86. The summed E-state index contributed by atoms with van der Waals surface area (Å²) in [7, 11) is 1.62. The van der Waals surface area contributed by atoms with E-state index in [2.05, 4.69) is 15.3 Å². The summed E-state index contributed by atoms with van der Waals surface area (Å²) in [5.74, 6) is 0.842. The lowest BCUT2D eigenvalue weighted by Gasteiger charge is -2.15. The Morgan fingerprint density at radius 2 is 2.07 bits per heavy atom. The van der Waals surface area contributed by atoms with Crippen LogP contribution in [-0.4, -0.2) is 33.3 Å². The predicted molar refractivity (Wildman–Crippen MR) is 111 cm³/mol. The number of benzene rings is 1. The Bertz CT molecular complexity index is 1040. The molecule has 1 atom stereocenters. The monoisotopic (exact) mass is 400 g/mol. The van der Waals surface area contributed by atoms with Crippen LogP contribution in [0.4, 0.5) is 0 Å². The number of aryl methyl sites for hydroxylation is 1. The first-order chi connectivity index (χ1) is 13.4. The molecule has 2 N–H and O–H groups in total. The van der Waals surface area contributed by atoms with Crippen molar-refractivity contribution in [2.24, 2.45) is 0 Å². The van der Waals surface area contributed by atoms with Crippen molar-refractivity contribution in [2.45, 2.75) is 38.5 Å². The minimum atomic E-state index is -0.130. The third-order valence-corrected chi connectivity index (χ3v) is 5.46. The summed E-state index contributed by atoms with van der Waals surface area (Å²) in [6.07, 6.45) is 0. The highest BCUT2D eigenvalue weighted by Crippen LogP contribution is 2.20. The minimum Gasteiger partial charge on any atom is -0.497 e. The third-order valence-electron chi connectivity index (χ3n) is 4.48. The number of hydrogen-bond acceptors (Lipinski definition) is 5. The SMILES string of the molecule is CCn1c(SCC(=O)NC(C)c2ccc(OC)cc2)nc2cc(C)[nH]c2c1=O. The largest absolute Gasteiger partial charge is 0.497 e. The fraction of sp³-hybridized carbons (Fsp3) is 0.350. The number of carbonyl (C=O) groups excluding carboxylic acids is 1. The van der Waals surface area contributed by atoms with E-state index in [1.807, 2.05) is 51.1 Å². The molecule has 0 aliphatic rings. The van der Waals surface area contributed by atoms with Crippen LogP contribution in [0.15, 0.2) is 40.3 Å². The Hall–Kier alpha value is -2.74. The number of aromatic nitrogens is 3. The molecule has 0 bridgehead atoms. The number of rotatable bonds is 7. The first-order valence-electron chi connectivity index (χ1n) is 9.09. The topological polar surface area (TPSA) is 89.0 Å². The number of ether oxygens (including phenoxy) is 1. The Kier molecular flexibility index (Phi) is 6.08. The molecule has 1 aromatic carbocycles. The summed E-state index contributed by atoms with van der Waals surface area (Å²) in [5, 5.41) is 3.52. The molecule has 1 amide bonds. The average Bonchev–Trinajstić information content (AvgIpc) is 3.07. The van der Waals surface area contributed by atoms with E-state index >= 15 is 0 Å². The van der Waals surface area contributed by atoms with Gasteiger partial charge in [-0.1, -0.05) is 23.9 Å². The number of thioether (sulfide) groups is 1. The van der Waals surface area contributed by atoms with Gasteiger partial charge < -0.3 is 15.0 Å². The Labute approximate surface area is 167 Å². The molecule has 0 saturated carbocycles. The van der Waals surface area contributed by atoms with Crippen LogP contribution >= 0.6 is 11.8 Å². The van der Waals surface area contributed by atoms with Crippen LogP contribution in [-0.2, 0) is 11.3 Å². The maximum atomic E-state index is 12.6. The number of methoxy groups -OCH3 is 1. The normalized spacial score (nSPS) is 12.1. The zero-order valence-corrected chi connectivity index (χ0v) is 17.2. The van der Waals surface area contributed by atoms with Crippen molar-refractivity contribution in [1.82, 2.24) is 19.9 Å². The van der Waals surface area contributed by atoms with Crippen LogP contribution in [0.5, 0.6) is 5.75 Å². The summed E-state index contributed by atoms with van der Waals surface area (Å²) in [6, 6.07) is 9.29. The lowest BCUT2D eigenvalue weighted by molar-refractivity contribution is -0.119. The van der Waals surface area contributed by atoms with E-state index in [4.69, 9.17) is 4.74 Å². The zero-order valence-electron chi connectivity index (χ0n) is 16.4. The van der Waals surface area contributed by atoms with Crippen LogP contribution in [0.25, 0.3) is 11.0 Å². The Morgan fingerprint density at radius 1 is 1.36 bits per heavy atom. The van der Waals surface area contributed by atoms with Crippen molar-refractivity contribution in [3.63, 3.8) is 0 Å². The highest BCUT2D eigenvalue weighted by Gasteiger charge is 2.15. The number of fused-ring (bicyclic) bond motifs is 1. The second kappa shape index (κ2) is 8.52. The second-order valence-corrected chi connectivity index (χ2v) is 7.45.